The standard InChI is InChI=1S/C11H20OS/c1-9(7-12)6-10(2)8-13-11(3,4)5/h6-7,10H,8H2,1-5H3/b9-6+. The van der Waals surface area contributed by atoms with Gasteiger partial charge in [-0.3, -0.25) is 4.79 Å². The highest BCUT2D eigenvalue weighted by Crippen LogP contribution is 2.25. The molecule has 0 aliphatic heterocycles. The van der Waals surface area contributed by atoms with Crippen LogP contribution in [-0.2, 0) is 4.79 Å². The minimum absolute atomic E-state index is 0.317. The third-order valence-corrected chi connectivity index (χ3v) is 3.07. The highest BCUT2D eigenvalue weighted by molar-refractivity contribution is 8.00. The molecule has 0 aromatic rings. The first-order valence-corrected chi connectivity index (χ1v) is 5.61. The maximum Gasteiger partial charge on any atom is 0.145 e. The lowest BCUT2D eigenvalue weighted by atomic mass is 10.1. The van der Waals surface area contributed by atoms with Crippen LogP contribution in [0, 0.1) is 5.92 Å². The molecule has 0 fully saturated rings. The highest BCUT2D eigenvalue weighted by Gasteiger charge is 2.11. The summed E-state index contributed by atoms with van der Waals surface area (Å²) in [5, 5.41) is 0. The molecule has 0 aromatic heterocycles. The van der Waals surface area contributed by atoms with Crippen molar-refractivity contribution in [3.8, 4) is 0 Å². The Bertz CT molecular complexity index is 189. The molecular weight excluding hydrogens is 180 g/mol. The number of rotatable bonds is 4. The molecule has 0 amide bonds. The zero-order valence-corrected chi connectivity index (χ0v) is 10.1. The van der Waals surface area contributed by atoms with Crippen molar-refractivity contribution in [2.45, 2.75) is 39.4 Å². The van der Waals surface area contributed by atoms with Gasteiger partial charge in [0, 0.05) is 4.75 Å². The van der Waals surface area contributed by atoms with Crippen LogP contribution in [0.1, 0.15) is 34.6 Å². The molecule has 0 saturated heterocycles. The molecule has 0 aromatic carbocycles. The summed E-state index contributed by atoms with van der Waals surface area (Å²) in [6.07, 6.45) is 2.95. The van der Waals surface area contributed by atoms with E-state index in [4.69, 9.17) is 0 Å². The minimum atomic E-state index is 0.317. The average molecular weight is 200 g/mol. The van der Waals surface area contributed by atoms with Crippen LogP contribution in [0.4, 0.5) is 0 Å². The summed E-state index contributed by atoms with van der Waals surface area (Å²) >= 11 is 1.93. The fourth-order valence-electron chi connectivity index (χ4n) is 0.918. The molecule has 13 heavy (non-hydrogen) atoms. The predicted molar refractivity (Wildman–Crippen MR) is 61.2 cm³/mol. The van der Waals surface area contributed by atoms with Gasteiger partial charge in [-0.15, -0.1) is 0 Å². The Balaban J connectivity index is 3.89. The van der Waals surface area contributed by atoms with E-state index in [2.05, 4.69) is 27.7 Å². The molecular formula is C11H20OS. The van der Waals surface area contributed by atoms with Crippen molar-refractivity contribution in [2.24, 2.45) is 5.92 Å². The van der Waals surface area contributed by atoms with Crippen molar-refractivity contribution >= 4 is 18.0 Å². The van der Waals surface area contributed by atoms with Gasteiger partial charge in [-0.2, -0.15) is 11.8 Å². The first-order valence-electron chi connectivity index (χ1n) is 4.62. The third kappa shape index (κ3) is 8.10. The van der Waals surface area contributed by atoms with E-state index in [9.17, 15) is 4.79 Å². The van der Waals surface area contributed by atoms with Crippen molar-refractivity contribution in [3.63, 3.8) is 0 Å². The van der Waals surface area contributed by atoms with Crippen LogP contribution in [0.15, 0.2) is 11.6 Å². The predicted octanol–water partition coefficient (Wildman–Crippen LogP) is 3.30. The van der Waals surface area contributed by atoms with Gasteiger partial charge in [-0.25, -0.2) is 0 Å². The van der Waals surface area contributed by atoms with Gasteiger partial charge in [0.1, 0.15) is 6.29 Å². The number of allylic oxidation sites excluding steroid dienone is 2. The van der Waals surface area contributed by atoms with E-state index in [0.29, 0.717) is 10.7 Å². The maximum absolute atomic E-state index is 10.4. The third-order valence-electron chi connectivity index (χ3n) is 1.51. The van der Waals surface area contributed by atoms with Crippen LogP contribution in [0.5, 0.6) is 0 Å². The van der Waals surface area contributed by atoms with Crippen molar-refractivity contribution in [3.05, 3.63) is 11.6 Å². The quantitative estimate of drug-likeness (QED) is 0.511. The molecule has 0 radical (unpaired) electrons. The van der Waals surface area contributed by atoms with Gasteiger partial charge in [-0.1, -0.05) is 33.8 Å². The van der Waals surface area contributed by atoms with Gasteiger partial charge in [0.25, 0.3) is 0 Å². The summed E-state index contributed by atoms with van der Waals surface area (Å²) in [7, 11) is 0. The van der Waals surface area contributed by atoms with Crippen LogP contribution < -0.4 is 0 Å². The molecule has 0 N–H and O–H groups in total. The Kier molecular flexibility index (Phi) is 5.38. The fraction of sp³-hybridized carbons (Fsp3) is 0.727. The highest BCUT2D eigenvalue weighted by atomic mass is 32.2. The molecule has 76 valence electrons. The zero-order valence-electron chi connectivity index (χ0n) is 9.26. The molecule has 2 heteroatoms. The van der Waals surface area contributed by atoms with E-state index in [1.807, 2.05) is 24.8 Å². The van der Waals surface area contributed by atoms with Gasteiger partial charge >= 0.3 is 0 Å². The molecule has 1 unspecified atom stereocenters. The molecule has 0 heterocycles. The maximum atomic E-state index is 10.4. The average Bonchev–Trinajstić information content (AvgIpc) is 1.99. The fourth-order valence-corrected chi connectivity index (χ4v) is 1.78. The molecule has 0 aliphatic rings. The summed E-state index contributed by atoms with van der Waals surface area (Å²) in [6.45, 7) is 10.6. The lowest BCUT2D eigenvalue weighted by Gasteiger charge is -2.19. The van der Waals surface area contributed by atoms with Crippen molar-refractivity contribution in [1.82, 2.24) is 0 Å². The van der Waals surface area contributed by atoms with Gasteiger partial charge in [0.15, 0.2) is 0 Å². The van der Waals surface area contributed by atoms with E-state index in [-0.39, 0.29) is 0 Å². The van der Waals surface area contributed by atoms with E-state index in [1.54, 1.807) is 0 Å². The Morgan fingerprint density at radius 3 is 2.38 bits per heavy atom. The van der Waals surface area contributed by atoms with Gasteiger partial charge < -0.3 is 0 Å². The molecule has 0 bridgehead atoms. The van der Waals surface area contributed by atoms with E-state index >= 15 is 0 Å². The summed E-state index contributed by atoms with van der Waals surface area (Å²) in [5.74, 6) is 1.56. The summed E-state index contributed by atoms with van der Waals surface area (Å²) in [6, 6.07) is 0. The Hall–Kier alpha value is -0.240. The second-order valence-corrected chi connectivity index (χ2v) is 6.28. The number of thioether (sulfide) groups is 1. The first-order chi connectivity index (χ1) is 5.85. The lowest BCUT2D eigenvalue weighted by molar-refractivity contribution is -0.104. The summed E-state index contributed by atoms with van der Waals surface area (Å²) < 4.78 is 0.317. The van der Waals surface area contributed by atoms with Gasteiger partial charge in [0.2, 0.25) is 0 Å². The molecule has 0 aliphatic carbocycles. The Morgan fingerprint density at radius 1 is 1.46 bits per heavy atom. The van der Waals surface area contributed by atoms with E-state index in [1.165, 1.54) is 0 Å². The topological polar surface area (TPSA) is 17.1 Å². The molecule has 1 nitrogen and oxygen atoms in total. The summed E-state index contributed by atoms with van der Waals surface area (Å²) in [5.41, 5.74) is 0.835. The molecule has 0 rings (SSSR count). The molecule has 1 atom stereocenters. The summed E-state index contributed by atoms with van der Waals surface area (Å²) in [4.78, 5) is 10.4. The normalized spacial score (nSPS) is 15.6. The van der Waals surface area contributed by atoms with Crippen molar-refractivity contribution in [1.29, 1.82) is 0 Å². The van der Waals surface area contributed by atoms with Crippen LogP contribution in [0.2, 0.25) is 0 Å². The van der Waals surface area contributed by atoms with Crippen LogP contribution in [-0.4, -0.2) is 16.8 Å². The van der Waals surface area contributed by atoms with Crippen molar-refractivity contribution in [2.75, 3.05) is 5.75 Å². The Morgan fingerprint density at radius 2 is 2.00 bits per heavy atom. The molecule has 0 saturated carbocycles. The minimum Gasteiger partial charge on any atom is -0.298 e. The number of carbonyl (C=O) groups is 1. The van der Waals surface area contributed by atoms with Gasteiger partial charge in [0.05, 0.1) is 0 Å². The smallest absolute Gasteiger partial charge is 0.145 e. The second-order valence-electron chi connectivity index (χ2n) is 4.43. The van der Waals surface area contributed by atoms with E-state index < -0.39 is 0 Å². The van der Waals surface area contributed by atoms with Gasteiger partial charge in [-0.05, 0) is 24.2 Å². The largest absolute Gasteiger partial charge is 0.298 e. The first kappa shape index (κ1) is 12.8. The number of hydrogen-bond acceptors (Lipinski definition) is 2. The van der Waals surface area contributed by atoms with E-state index in [0.717, 1.165) is 17.6 Å². The zero-order chi connectivity index (χ0) is 10.5. The second kappa shape index (κ2) is 5.48. The van der Waals surface area contributed by atoms with Crippen LogP contribution >= 0.6 is 11.8 Å². The lowest BCUT2D eigenvalue weighted by Crippen LogP contribution is -2.10. The monoisotopic (exact) mass is 200 g/mol. The number of aldehydes is 1. The Labute approximate surface area is 86.0 Å². The number of hydrogen-bond donors (Lipinski definition) is 0. The number of carbonyl (C=O) groups excluding carboxylic acids is 1. The molecule has 0 spiro atoms. The SMILES string of the molecule is C/C(C=O)=C\C(C)CSC(C)(C)C. The van der Waals surface area contributed by atoms with Crippen LogP contribution in [0.3, 0.4) is 0 Å². The van der Waals surface area contributed by atoms with Crippen LogP contribution in [0.25, 0.3) is 0 Å². The van der Waals surface area contributed by atoms with Crippen molar-refractivity contribution < 1.29 is 4.79 Å².